The molecule has 1 saturated heterocycles. The van der Waals surface area contributed by atoms with Crippen LogP contribution in [0.1, 0.15) is 26.2 Å². The maximum Gasteiger partial charge on any atom is 0.318 e. The van der Waals surface area contributed by atoms with Gasteiger partial charge in [-0.3, -0.25) is 15.0 Å². The zero-order valence-corrected chi connectivity index (χ0v) is 10.5. The molecule has 0 radical (unpaired) electrons. The number of urea groups is 1. The summed E-state index contributed by atoms with van der Waals surface area (Å²) in [6.07, 6.45) is 3.35. The van der Waals surface area contributed by atoms with Gasteiger partial charge in [0.2, 0.25) is 5.91 Å². The summed E-state index contributed by atoms with van der Waals surface area (Å²) in [5.74, 6) is -0.326. The van der Waals surface area contributed by atoms with Crippen molar-refractivity contribution in [2.45, 2.75) is 38.3 Å². The molecule has 0 spiro atoms. The lowest BCUT2D eigenvalue weighted by Gasteiger charge is -2.38. The number of imide groups is 1. The monoisotopic (exact) mass is 242 g/mol. The van der Waals surface area contributed by atoms with Crippen molar-refractivity contribution < 1.29 is 9.59 Å². The van der Waals surface area contributed by atoms with E-state index < -0.39 is 6.03 Å². The van der Waals surface area contributed by atoms with E-state index in [9.17, 15) is 9.59 Å². The quantitative estimate of drug-likeness (QED) is 0.628. The average Bonchev–Trinajstić information content (AvgIpc) is 2.27. The van der Waals surface area contributed by atoms with Gasteiger partial charge in [-0.05, 0) is 33.4 Å². The Bertz CT molecular complexity index is 283. The number of likely N-dealkylation sites (tertiary alicyclic amines) is 1. The molecular weight excluding hydrogens is 220 g/mol. The first-order chi connectivity index (χ1) is 8.04. The number of primary amides is 1. The fourth-order valence-corrected chi connectivity index (χ4v) is 2.33. The highest BCUT2D eigenvalue weighted by Crippen LogP contribution is 2.19. The number of rotatable bonds is 4. The first kappa shape index (κ1) is 13.9. The van der Waals surface area contributed by atoms with Crippen LogP contribution in [0.15, 0.2) is 0 Å². The summed E-state index contributed by atoms with van der Waals surface area (Å²) in [6, 6.07) is -0.116. The molecule has 0 aromatic rings. The number of amides is 3. The fourth-order valence-electron chi connectivity index (χ4n) is 2.33. The van der Waals surface area contributed by atoms with E-state index >= 15 is 0 Å². The summed E-state index contributed by atoms with van der Waals surface area (Å²) in [5, 5.41) is 5.32. The molecule has 0 aromatic carbocycles. The average molecular weight is 242 g/mol. The lowest BCUT2D eigenvalue weighted by Crippen LogP contribution is -2.53. The largest absolute Gasteiger partial charge is 0.351 e. The number of carbonyl (C=O) groups excluding carboxylic acids is 2. The molecule has 6 heteroatoms. The molecule has 98 valence electrons. The molecule has 6 nitrogen and oxygen atoms in total. The zero-order chi connectivity index (χ0) is 12.8. The zero-order valence-electron chi connectivity index (χ0n) is 10.5. The number of hydrogen-bond acceptors (Lipinski definition) is 4. The van der Waals surface area contributed by atoms with Crippen molar-refractivity contribution in [3.05, 3.63) is 0 Å². The number of carbonyl (C=O) groups is 2. The summed E-state index contributed by atoms with van der Waals surface area (Å²) < 4.78 is 0. The number of likely N-dealkylation sites (N-methyl/N-ethyl adjacent to an activating group) is 1. The van der Waals surface area contributed by atoms with Crippen molar-refractivity contribution in [3.63, 3.8) is 0 Å². The highest BCUT2D eigenvalue weighted by Gasteiger charge is 2.27. The molecule has 2 unspecified atom stereocenters. The van der Waals surface area contributed by atoms with Crippen LogP contribution in [0, 0.1) is 0 Å². The van der Waals surface area contributed by atoms with Gasteiger partial charge < -0.3 is 11.1 Å². The van der Waals surface area contributed by atoms with Crippen LogP contribution in [0.3, 0.4) is 0 Å². The van der Waals surface area contributed by atoms with Crippen molar-refractivity contribution in [2.75, 3.05) is 20.1 Å². The van der Waals surface area contributed by atoms with E-state index in [1.54, 1.807) is 0 Å². The Morgan fingerprint density at radius 2 is 2.18 bits per heavy atom. The molecule has 1 rings (SSSR count). The lowest BCUT2D eigenvalue weighted by atomic mass is 9.96. The van der Waals surface area contributed by atoms with E-state index in [2.05, 4.69) is 22.5 Å². The van der Waals surface area contributed by atoms with Gasteiger partial charge in [0, 0.05) is 12.1 Å². The summed E-state index contributed by atoms with van der Waals surface area (Å²) in [6.45, 7) is 3.23. The SMILES string of the molecule is CNC(C)C1CCCCN1CC(=O)NC(N)=O. The standard InChI is InChI=1S/C11H22N4O2/c1-8(13-2)9-5-3-4-6-15(9)7-10(16)14-11(12)17/h8-9,13H,3-7H2,1-2H3,(H3,12,14,16,17). The third-order valence-electron chi connectivity index (χ3n) is 3.31. The predicted octanol–water partition coefficient (Wildman–Crippen LogP) is -0.356. The Labute approximate surface area is 102 Å². The summed E-state index contributed by atoms with van der Waals surface area (Å²) >= 11 is 0. The molecule has 3 amide bonds. The van der Waals surface area contributed by atoms with Gasteiger partial charge >= 0.3 is 6.03 Å². The summed E-state index contributed by atoms with van der Waals surface area (Å²) in [5.41, 5.74) is 4.92. The molecule has 0 bridgehead atoms. The predicted molar refractivity (Wildman–Crippen MR) is 65.5 cm³/mol. The van der Waals surface area contributed by atoms with Gasteiger partial charge in [-0.15, -0.1) is 0 Å². The van der Waals surface area contributed by atoms with Crippen LogP contribution in [0.5, 0.6) is 0 Å². The Kier molecular flexibility index (Phi) is 5.37. The third kappa shape index (κ3) is 4.32. The van der Waals surface area contributed by atoms with Crippen LogP contribution >= 0.6 is 0 Å². The number of hydrogen-bond donors (Lipinski definition) is 3. The molecule has 0 saturated carbocycles. The highest BCUT2D eigenvalue weighted by atomic mass is 16.2. The van der Waals surface area contributed by atoms with Crippen LogP contribution in [0.4, 0.5) is 4.79 Å². The highest BCUT2D eigenvalue weighted by molar-refractivity contribution is 5.94. The van der Waals surface area contributed by atoms with Crippen LogP contribution < -0.4 is 16.4 Å². The number of nitrogens with two attached hydrogens (primary N) is 1. The number of piperidine rings is 1. The molecule has 2 atom stereocenters. The fraction of sp³-hybridized carbons (Fsp3) is 0.818. The molecule has 1 aliphatic heterocycles. The second-order valence-corrected chi connectivity index (χ2v) is 4.52. The van der Waals surface area contributed by atoms with Gasteiger partial charge in [-0.2, -0.15) is 0 Å². The van der Waals surface area contributed by atoms with Crippen LogP contribution in [0.25, 0.3) is 0 Å². The summed E-state index contributed by atoms with van der Waals surface area (Å²) in [7, 11) is 1.92. The van der Waals surface area contributed by atoms with Crippen LogP contribution in [0.2, 0.25) is 0 Å². The van der Waals surface area contributed by atoms with Crippen molar-refractivity contribution in [2.24, 2.45) is 5.73 Å². The van der Waals surface area contributed by atoms with Gasteiger partial charge in [0.05, 0.1) is 6.54 Å². The van der Waals surface area contributed by atoms with E-state index in [4.69, 9.17) is 5.73 Å². The van der Waals surface area contributed by atoms with E-state index in [0.29, 0.717) is 12.1 Å². The van der Waals surface area contributed by atoms with Gasteiger partial charge in [0.25, 0.3) is 0 Å². The second-order valence-electron chi connectivity index (χ2n) is 4.52. The molecule has 1 heterocycles. The van der Waals surface area contributed by atoms with Crippen molar-refractivity contribution in [1.29, 1.82) is 0 Å². The lowest BCUT2D eigenvalue weighted by molar-refractivity contribution is -0.122. The minimum Gasteiger partial charge on any atom is -0.351 e. The number of nitrogens with zero attached hydrogens (tertiary/aromatic N) is 1. The van der Waals surface area contributed by atoms with Gasteiger partial charge in [-0.1, -0.05) is 6.42 Å². The van der Waals surface area contributed by atoms with Crippen molar-refractivity contribution in [3.8, 4) is 0 Å². The van der Waals surface area contributed by atoms with E-state index in [0.717, 1.165) is 19.4 Å². The Morgan fingerprint density at radius 1 is 1.47 bits per heavy atom. The molecule has 0 aromatic heterocycles. The Hall–Kier alpha value is -1.14. The minimum atomic E-state index is -0.787. The van der Waals surface area contributed by atoms with E-state index in [-0.39, 0.29) is 12.5 Å². The van der Waals surface area contributed by atoms with Gasteiger partial charge in [0.1, 0.15) is 0 Å². The third-order valence-corrected chi connectivity index (χ3v) is 3.31. The van der Waals surface area contributed by atoms with Gasteiger partial charge in [0.15, 0.2) is 0 Å². The maximum absolute atomic E-state index is 11.5. The Morgan fingerprint density at radius 3 is 2.76 bits per heavy atom. The minimum absolute atomic E-state index is 0.236. The van der Waals surface area contributed by atoms with Crippen molar-refractivity contribution >= 4 is 11.9 Å². The molecule has 0 aliphatic carbocycles. The van der Waals surface area contributed by atoms with Crippen molar-refractivity contribution in [1.82, 2.24) is 15.5 Å². The Balaban J connectivity index is 2.53. The number of nitrogens with one attached hydrogen (secondary N) is 2. The second kappa shape index (κ2) is 6.56. The smallest absolute Gasteiger partial charge is 0.318 e. The van der Waals surface area contributed by atoms with E-state index in [1.807, 2.05) is 7.05 Å². The summed E-state index contributed by atoms with van der Waals surface area (Å²) in [4.78, 5) is 24.2. The molecular formula is C11H22N4O2. The topological polar surface area (TPSA) is 87.5 Å². The molecule has 1 fully saturated rings. The normalized spacial score (nSPS) is 23.1. The van der Waals surface area contributed by atoms with Crippen LogP contribution in [-0.4, -0.2) is 49.1 Å². The molecule has 1 aliphatic rings. The maximum atomic E-state index is 11.5. The van der Waals surface area contributed by atoms with Crippen LogP contribution in [-0.2, 0) is 4.79 Å². The first-order valence-electron chi connectivity index (χ1n) is 6.05. The molecule has 17 heavy (non-hydrogen) atoms. The molecule has 4 N–H and O–H groups in total. The first-order valence-corrected chi connectivity index (χ1v) is 6.05. The van der Waals surface area contributed by atoms with E-state index in [1.165, 1.54) is 6.42 Å². The van der Waals surface area contributed by atoms with Gasteiger partial charge in [-0.25, -0.2) is 4.79 Å².